The molecule has 3 aromatic rings. The highest BCUT2D eigenvalue weighted by Crippen LogP contribution is 2.22. The third kappa shape index (κ3) is 4.29. The average molecular weight is 389 g/mol. The molecule has 0 amide bonds. The fraction of sp³-hybridized carbons (Fsp3) is 0.227. The summed E-state index contributed by atoms with van der Waals surface area (Å²) in [6.07, 6.45) is 1.70. The number of piperazine rings is 1. The van der Waals surface area contributed by atoms with Crippen LogP contribution in [0, 0.1) is 6.92 Å². The van der Waals surface area contributed by atoms with Crippen molar-refractivity contribution < 1.29 is 9.90 Å². The molecule has 7 heteroatoms. The lowest BCUT2D eigenvalue weighted by Crippen LogP contribution is -2.47. The summed E-state index contributed by atoms with van der Waals surface area (Å²) in [4.78, 5) is 24.9. The molecule has 0 aliphatic carbocycles. The lowest BCUT2D eigenvalue weighted by atomic mass is 10.2. The first-order chi connectivity index (χ1) is 14.1. The van der Waals surface area contributed by atoms with Gasteiger partial charge in [-0.1, -0.05) is 24.3 Å². The summed E-state index contributed by atoms with van der Waals surface area (Å²) in [5.74, 6) is 0.242. The summed E-state index contributed by atoms with van der Waals surface area (Å²) >= 11 is 0. The SMILES string of the molecule is Cc1cccc(N2CCN(c3nccc(Nc4ccccc4C(=O)O)n3)CC2)c1. The topological polar surface area (TPSA) is 81.6 Å². The number of nitrogens with zero attached hydrogens (tertiary/aromatic N) is 4. The number of anilines is 4. The molecule has 2 aromatic carbocycles. The zero-order chi connectivity index (χ0) is 20.2. The summed E-state index contributed by atoms with van der Waals surface area (Å²) in [7, 11) is 0. The van der Waals surface area contributed by atoms with E-state index in [1.807, 2.05) is 0 Å². The quantitative estimate of drug-likeness (QED) is 0.690. The van der Waals surface area contributed by atoms with Crippen LogP contribution < -0.4 is 15.1 Å². The monoisotopic (exact) mass is 389 g/mol. The van der Waals surface area contributed by atoms with Crippen LogP contribution in [0.15, 0.2) is 60.8 Å². The molecule has 1 saturated heterocycles. The van der Waals surface area contributed by atoms with Gasteiger partial charge in [0.1, 0.15) is 5.82 Å². The summed E-state index contributed by atoms with van der Waals surface area (Å²) in [6.45, 7) is 5.54. The molecule has 0 bridgehead atoms. The smallest absolute Gasteiger partial charge is 0.337 e. The minimum absolute atomic E-state index is 0.208. The molecule has 29 heavy (non-hydrogen) atoms. The van der Waals surface area contributed by atoms with E-state index in [1.165, 1.54) is 11.3 Å². The van der Waals surface area contributed by atoms with Crippen LogP contribution in [0.3, 0.4) is 0 Å². The number of carboxylic acid groups (broad SMARTS) is 1. The van der Waals surface area contributed by atoms with Crippen LogP contribution in [-0.2, 0) is 0 Å². The highest BCUT2D eigenvalue weighted by molar-refractivity contribution is 5.95. The molecular weight excluding hydrogens is 366 g/mol. The van der Waals surface area contributed by atoms with Crippen LogP contribution in [0.4, 0.5) is 23.1 Å². The molecule has 0 spiro atoms. The van der Waals surface area contributed by atoms with Crippen LogP contribution in [0.5, 0.6) is 0 Å². The first-order valence-electron chi connectivity index (χ1n) is 9.59. The molecule has 0 radical (unpaired) electrons. The third-order valence-electron chi connectivity index (χ3n) is 4.99. The van der Waals surface area contributed by atoms with Crippen LogP contribution in [-0.4, -0.2) is 47.2 Å². The van der Waals surface area contributed by atoms with E-state index in [4.69, 9.17) is 0 Å². The van der Waals surface area contributed by atoms with Crippen LogP contribution in [0.25, 0.3) is 0 Å². The molecule has 148 valence electrons. The molecule has 7 nitrogen and oxygen atoms in total. The van der Waals surface area contributed by atoms with E-state index in [2.05, 4.69) is 56.3 Å². The van der Waals surface area contributed by atoms with Crippen LogP contribution in [0.1, 0.15) is 15.9 Å². The Hall–Kier alpha value is -3.61. The number of aromatic nitrogens is 2. The number of para-hydroxylation sites is 1. The second-order valence-electron chi connectivity index (χ2n) is 7.03. The van der Waals surface area contributed by atoms with Gasteiger partial charge in [-0.05, 0) is 42.8 Å². The van der Waals surface area contributed by atoms with Gasteiger partial charge >= 0.3 is 5.97 Å². The summed E-state index contributed by atoms with van der Waals surface area (Å²) in [6, 6.07) is 17.1. The van der Waals surface area contributed by atoms with E-state index in [0.29, 0.717) is 17.5 Å². The van der Waals surface area contributed by atoms with Gasteiger partial charge in [-0.15, -0.1) is 0 Å². The number of nitrogens with one attached hydrogen (secondary N) is 1. The fourth-order valence-electron chi connectivity index (χ4n) is 3.48. The van der Waals surface area contributed by atoms with Crippen molar-refractivity contribution in [1.82, 2.24) is 9.97 Å². The number of carbonyl (C=O) groups is 1. The second kappa shape index (κ2) is 8.18. The van der Waals surface area contributed by atoms with Crippen molar-refractivity contribution in [3.63, 3.8) is 0 Å². The number of rotatable bonds is 5. The zero-order valence-electron chi connectivity index (χ0n) is 16.2. The highest BCUT2D eigenvalue weighted by atomic mass is 16.4. The van der Waals surface area contributed by atoms with Gasteiger partial charge in [-0.3, -0.25) is 0 Å². The number of aromatic carboxylic acids is 1. The Morgan fingerprint density at radius 1 is 1.00 bits per heavy atom. The lowest BCUT2D eigenvalue weighted by Gasteiger charge is -2.36. The second-order valence-corrected chi connectivity index (χ2v) is 7.03. The average Bonchev–Trinajstić information content (AvgIpc) is 2.74. The Morgan fingerprint density at radius 3 is 2.52 bits per heavy atom. The molecule has 1 fully saturated rings. The minimum Gasteiger partial charge on any atom is -0.478 e. The first-order valence-corrected chi connectivity index (χ1v) is 9.59. The fourth-order valence-corrected chi connectivity index (χ4v) is 3.48. The maximum atomic E-state index is 11.4. The third-order valence-corrected chi connectivity index (χ3v) is 4.99. The van der Waals surface area contributed by atoms with Crippen molar-refractivity contribution >= 4 is 29.1 Å². The van der Waals surface area contributed by atoms with Gasteiger partial charge in [0, 0.05) is 38.1 Å². The van der Waals surface area contributed by atoms with Crippen molar-refractivity contribution in [2.75, 3.05) is 41.3 Å². The predicted octanol–water partition coefficient (Wildman–Crippen LogP) is 3.55. The molecule has 1 aromatic heterocycles. The zero-order valence-corrected chi connectivity index (χ0v) is 16.2. The maximum Gasteiger partial charge on any atom is 0.337 e. The maximum absolute atomic E-state index is 11.4. The number of benzene rings is 2. The summed E-state index contributed by atoms with van der Waals surface area (Å²) in [5, 5.41) is 12.5. The van der Waals surface area contributed by atoms with E-state index in [0.717, 1.165) is 26.2 Å². The Morgan fingerprint density at radius 2 is 1.76 bits per heavy atom. The molecule has 2 heterocycles. The molecule has 1 aliphatic rings. The van der Waals surface area contributed by atoms with Crippen molar-refractivity contribution in [3.05, 3.63) is 71.9 Å². The molecule has 0 saturated carbocycles. The highest BCUT2D eigenvalue weighted by Gasteiger charge is 2.20. The standard InChI is InChI=1S/C22H23N5O2/c1-16-5-4-6-17(15-16)26-11-13-27(14-12-26)22-23-10-9-20(25-22)24-19-8-3-2-7-18(19)21(28)29/h2-10,15H,11-14H2,1H3,(H,28,29)(H,23,24,25). The number of carboxylic acids is 1. The molecule has 0 unspecified atom stereocenters. The summed E-state index contributed by atoms with van der Waals surface area (Å²) in [5.41, 5.74) is 3.22. The van der Waals surface area contributed by atoms with Crippen LogP contribution >= 0.6 is 0 Å². The van der Waals surface area contributed by atoms with E-state index in [1.54, 1.807) is 36.5 Å². The first kappa shape index (κ1) is 18.7. The molecule has 4 rings (SSSR count). The van der Waals surface area contributed by atoms with Gasteiger partial charge in [0.2, 0.25) is 5.95 Å². The van der Waals surface area contributed by atoms with Crippen LogP contribution in [0.2, 0.25) is 0 Å². The summed E-state index contributed by atoms with van der Waals surface area (Å²) < 4.78 is 0. The van der Waals surface area contributed by atoms with Gasteiger partial charge in [-0.25, -0.2) is 9.78 Å². The van der Waals surface area contributed by atoms with E-state index in [9.17, 15) is 9.90 Å². The van der Waals surface area contributed by atoms with Gasteiger partial charge in [0.25, 0.3) is 0 Å². The largest absolute Gasteiger partial charge is 0.478 e. The van der Waals surface area contributed by atoms with Crippen molar-refractivity contribution in [2.45, 2.75) is 6.92 Å². The van der Waals surface area contributed by atoms with E-state index in [-0.39, 0.29) is 5.56 Å². The van der Waals surface area contributed by atoms with Crippen molar-refractivity contribution in [1.29, 1.82) is 0 Å². The minimum atomic E-state index is -0.977. The lowest BCUT2D eigenvalue weighted by molar-refractivity contribution is 0.0698. The normalized spacial score (nSPS) is 14.0. The Balaban J connectivity index is 1.45. The van der Waals surface area contributed by atoms with Gasteiger partial charge in [0.05, 0.1) is 11.3 Å². The molecule has 2 N–H and O–H groups in total. The van der Waals surface area contributed by atoms with Gasteiger partial charge in [-0.2, -0.15) is 4.98 Å². The predicted molar refractivity (Wildman–Crippen MR) is 114 cm³/mol. The van der Waals surface area contributed by atoms with E-state index >= 15 is 0 Å². The molecule has 0 atom stereocenters. The van der Waals surface area contributed by atoms with Gasteiger partial charge in [0.15, 0.2) is 0 Å². The Kier molecular flexibility index (Phi) is 5.29. The Bertz CT molecular complexity index is 1020. The van der Waals surface area contributed by atoms with Crippen molar-refractivity contribution in [2.24, 2.45) is 0 Å². The number of hydrogen-bond donors (Lipinski definition) is 2. The van der Waals surface area contributed by atoms with Crippen molar-refractivity contribution in [3.8, 4) is 0 Å². The van der Waals surface area contributed by atoms with Gasteiger partial charge < -0.3 is 20.2 Å². The number of hydrogen-bond acceptors (Lipinski definition) is 6. The number of aryl methyl sites for hydroxylation is 1. The Labute approximate surface area is 169 Å². The van der Waals surface area contributed by atoms with E-state index < -0.39 is 5.97 Å². The molecule has 1 aliphatic heterocycles. The molecular formula is C22H23N5O2.